The number of anilines is 2. The van der Waals surface area contributed by atoms with Gasteiger partial charge in [0.05, 0.1) is 0 Å². The Morgan fingerprint density at radius 3 is 2.67 bits per heavy atom. The van der Waals surface area contributed by atoms with E-state index < -0.39 is 0 Å². The van der Waals surface area contributed by atoms with Crippen molar-refractivity contribution in [3.05, 3.63) is 78.0 Å². The van der Waals surface area contributed by atoms with Crippen LogP contribution in [0.25, 0.3) is 0 Å². The van der Waals surface area contributed by atoms with Crippen molar-refractivity contribution < 1.29 is 4.39 Å². The van der Waals surface area contributed by atoms with E-state index in [1.807, 2.05) is 24.3 Å². The van der Waals surface area contributed by atoms with Crippen molar-refractivity contribution in [3.8, 4) is 0 Å². The Bertz CT molecular complexity index is 869. The van der Waals surface area contributed by atoms with Crippen molar-refractivity contribution >= 4 is 11.8 Å². The largest absolute Gasteiger partial charge is 0.309 e. The number of nitrogens with one attached hydrogen (secondary N) is 1. The van der Waals surface area contributed by atoms with E-state index in [1.165, 1.54) is 12.1 Å². The average Bonchev–Trinajstić information content (AvgIpc) is 2.71. The Hall–Kier alpha value is -2.86. The summed E-state index contributed by atoms with van der Waals surface area (Å²) in [5.41, 5.74) is 2.22. The van der Waals surface area contributed by atoms with Crippen LogP contribution in [0.2, 0.25) is 0 Å². The number of aromatic nitrogens is 3. The van der Waals surface area contributed by atoms with E-state index in [9.17, 15) is 4.39 Å². The van der Waals surface area contributed by atoms with Crippen LogP contribution < -0.4 is 5.32 Å². The molecule has 3 heterocycles. The van der Waals surface area contributed by atoms with Crippen molar-refractivity contribution in [2.24, 2.45) is 0 Å². The van der Waals surface area contributed by atoms with Gasteiger partial charge in [-0.3, -0.25) is 4.90 Å². The molecule has 1 aromatic carbocycles. The van der Waals surface area contributed by atoms with Crippen LogP contribution in [0.4, 0.5) is 16.2 Å². The number of benzene rings is 1. The topological polar surface area (TPSA) is 53.9 Å². The number of rotatable bonds is 5. The summed E-state index contributed by atoms with van der Waals surface area (Å²) in [6, 6.07) is 14.6. The lowest BCUT2D eigenvalue weighted by Crippen LogP contribution is -2.34. The van der Waals surface area contributed by atoms with Gasteiger partial charge < -0.3 is 5.32 Å². The predicted octanol–water partition coefficient (Wildman–Crippen LogP) is 4.13. The second kappa shape index (κ2) is 8.22. The molecule has 6 heteroatoms. The highest BCUT2D eigenvalue weighted by molar-refractivity contribution is 5.47. The zero-order valence-electron chi connectivity index (χ0n) is 15.1. The second-order valence-electron chi connectivity index (χ2n) is 6.85. The monoisotopic (exact) mass is 363 g/mol. The van der Waals surface area contributed by atoms with Gasteiger partial charge in [0.1, 0.15) is 11.6 Å². The van der Waals surface area contributed by atoms with Gasteiger partial charge in [0.25, 0.3) is 0 Å². The van der Waals surface area contributed by atoms with E-state index in [0.29, 0.717) is 11.9 Å². The minimum atomic E-state index is -0.189. The molecular weight excluding hydrogens is 341 g/mol. The lowest BCUT2D eigenvalue weighted by molar-refractivity contribution is 0.198. The fraction of sp³-hybridized carbons (Fsp3) is 0.286. The van der Waals surface area contributed by atoms with Crippen molar-refractivity contribution in [1.82, 2.24) is 19.9 Å². The Labute approximate surface area is 158 Å². The number of nitrogens with zero attached hydrogens (tertiary/aromatic N) is 4. The molecule has 1 atom stereocenters. The summed E-state index contributed by atoms with van der Waals surface area (Å²) in [7, 11) is 0. The van der Waals surface area contributed by atoms with Crippen molar-refractivity contribution in [2.45, 2.75) is 25.3 Å². The molecule has 3 aromatic rings. The molecule has 1 aliphatic rings. The average molecular weight is 363 g/mol. The van der Waals surface area contributed by atoms with Gasteiger partial charge in [0.15, 0.2) is 0 Å². The summed E-state index contributed by atoms with van der Waals surface area (Å²) >= 11 is 0. The first-order valence-electron chi connectivity index (χ1n) is 9.24. The zero-order chi connectivity index (χ0) is 18.5. The van der Waals surface area contributed by atoms with Crippen LogP contribution in [0, 0.1) is 5.82 Å². The second-order valence-corrected chi connectivity index (χ2v) is 6.85. The standard InChI is InChI=1S/C21H22FN5/c22-18-9-7-16(8-10-18)14-27-13-2-4-17(15-27)19-5-1-6-20(25-19)26-21-23-11-3-12-24-21/h1,3,5-12,17H,2,4,13-15H2,(H,23,24,25,26). The number of hydrogen-bond acceptors (Lipinski definition) is 5. The first kappa shape index (κ1) is 17.5. The van der Waals surface area contributed by atoms with Crippen LogP contribution in [0.5, 0.6) is 0 Å². The maximum atomic E-state index is 13.1. The van der Waals surface area contributed by atoms with E-state index in [2.05, 4.69) is 26.3 Å². The summed E-state index contributed by atoms with van der Waals surface area (Å²) in [5.74, 6) is 1.50. The third-order valence-electron chi connectivity index (χ3n) is 4.82. The van der Waals surface area contributed by atoms with Gasteiger partial charge in [-0.2, -0.15) is 0 Å². The van der Waals surface area contributed by atoms with Crippen LogP contribution in [-0.4, -0.2) is 32.9 Å². The predicted molar refractivity (Wildman–Crippen MR) is 103 cm³/mol. The number of piperidine rings is 1. The molecule has 4 rings (SSSR count). The molecule has 1 fully saturated rings. The van der Waals surface area contributed by atoms with Crippen LogP contribution >= 0.6 is 0 Å². The van der Waals surface area contributed by atoms with Gasteiger partial charge in [0, 0.05) is 37.1 Å². The summed E-state index contributed by atoms with van der Waals surface area (Å²) in [6.45, 7) is 2.85. The molecule has 0 radical (unpaired) electrons. The molecule has 0 saturated carbocycles. The normalized spacial score (nSPS) is 17.6. The minimum absolute atomic E-state index is 0.189. The SMILES string of the molecule is Fc1ccc(CN2CCCC(c3cccc(Nc4ncccn4)n3)C2)cc1. The van der Waals surface area contributed by atoms with Crippen LogP contribution in [0.15, 0.2) is 60.9 Å². The van der Waals surface area contributed by atoms with Crippen LogP contribution in [0.3, 0.4) is 0 Å². The molecule has 0 aliphatic carbocycles. The smallest absolute Gasteiger partial charge is 0.228 e. The fourth-order valence-electron chi connectivity index (χ4n) is 3.52. The third kappa shape index (κ3) is 4.65. The molecule has 0 bridgehead atoms. The van der Waals surface area contributed by atoms with Gasteiger partial charge >= 0.3 is 0 Å². The van der Waals surface area contributed by atoms with Crippen molar-refractivity contribution in [1.29, 1.82) is 0 Å². The highest BCUT2D eigenvalue weighted by Gasteiger charge is 2.22. The van der Waals surface area contributed by atoms with Crippen molar-refractivity contribution in [3.63, 3.8) is 0 Å². The third-order valence-corrected chi connectivity index (χ3v) is 4.82. The first-order chi connectivity index (χ1) is 13.3. The lowest BCUT2D eigenvalue weighted by atomic mass is 9.94. The van der Waals surface area contributed by atoms with Crippen LogP contribution in [-0.2, 0) is 6.54 Å². The van der Waals surface area contributed by atoms with Gasteiger partial charge in [-0.05, 0) is 55.3 Å². The van der Waals surface area contributed by atoms with Crippen LogP contribution in [0.1, 0.15) is 30.0 Å². The van der Waals surface area contributed by atoms with Gasteiger partial charge in [0.2, 0.25) is 5.95 Å². The quantitative estimate of drug-likeness (QED) is 0.738. The molecule has 0 spiro atoms. The highest BCUT2D eigenvalue weighted by Crippen LogP contribution is 2.27. The Kier molecular flexibility index (Phi) is 5.34. The van der Waals surface area contributed by atoms with Gasteiger partial charge in [-0.1, -0.05) is 18.2 Å². The minimum Gasteiger partial charge on any atom is -0.309 e. The number of pyridine rings is 1. The molecular formula is C21H22FN5. The molecule has 2 aromatic heterocycles. The summed E-state index contributed by atoms with van der Waals surface area (Å²) in [5, 5.41) is 3.16. The van der Waals surface area contributed by atoms with Gasteiger partial charge in [-0.25, -0.2) is 19.3 Å². The maximum absolute atomic E-state index is 13.1. The molecule has 1 unspecified atom stereocenters. The molecule has 0 amide bonds. The fourth-order valence-corrected chi connectivity index (χ4v) is 3.52. The first-order valence-corrected chi connectivity index (χ1v) is 9.24. The molecule has 1 aliphatic heterocycles. The van der Waals surface area contributed by atoms with Gasteiger partial charge in [-0.15, -0.1) is 0 Å². The molecule has 1 saturated heterocycles. The molecule has 27 heavy (non-hydrogen) atoms. The molecule has 5 nitrogen and oxygen atoms in total. The molecule has 1 N–H and O–H groups in total. The Morgan fingerprint density at radius 2 is 1.85 bits per heavy atom. The van der Waals surface area contributed by atoms with E-state index in [0.717, 1.165) is 49.6 Å². The van der Waals surface area contributed by atoms with E-state index in [1.54, 1.807) is 18.5 Å². The number of halogens is 1. The summed E-state index contributed by atoms with van der Waals surface area (Å²) in [6.07, 6.45) is 5.66. The summed E-state index contributed by atoms with van der Waals surface area (Å²) in [4.78, 5) is 15.6. The maximum Gasteiger partial charge on any atom is 0.228 e. The Morgan fingerprint density at radius 1 is 1.04 bits per heavy atom. The van der Waals surface area contributed by atoms with E-state index in [4.69, 9.17) is 4.98 Å². The van der Waals surface area contributed by atoms with Crippen molar-refractivity contribution in [2.75, 3.05) is 18.4 Å². The Balaban J connectivity index is 1.43. The van der Waals surface area contributed by atoms with E-state index in [-0.39, 0.29) is 5.82 Å². The zero-order valence-corrected chi connectivity index (χ0v) is 15.1. The molecule has 138 valence electrons. The van der Waals surface area contributed by atoms with E-state index >= 15 is 0 Å². The lowest BCUT2D eigenvalue weighted by Gasteiger charge is -2.32. The highest BCUT2D eigenvalue weighted by atomic mass is 19.1. The number of hydrogen-bond donors (Lipinski definition) is 1. The number of likely N-dealkylation sites (tertiary alicyclic amines) is 1. The summed E-state index contributed by atoms with van der Waals surface area (Å²) < 4.78 is 13.1.